The number of rotatable bonds is 4. The minimum Gasteiger partial charge on any atom is -0.487 e. The number of nitrogens with one attached hydrogen (secondary N) is 1. The van der Waals surface area contributed by atoms with Crippen LogP contribution in [0.1, 0.15) is 37.8 Å². The van der Waals surface area contributed by atoms with Gasteiger partial charge in [0.1, 0.15) is 11.9 Å². The van der Waals surface area contributed by atoms with Gasteiger partial charge in [0.05, 0.1) is 24.2 Å². The Morgan fingerprint density at radius 3 is 2.56 bits per heavy atom. The van der Waals surface area contributed by atoms with Gasteiger partial charge in [-0.1, -0.05) is 52.9 Å². The van der Waals surface area contributed by atoms with Crippen LogP contribution in [0.2, 0.25) is 0 Å². The van der Waals surface area contributed by atoms with Crippen molar-refractivity contribution in [3.05, 3.63) is 64.7 Å². The van der Waals surface area contributed by atoms with Crippen LogP contribution in [0.15, 0.2) is 42.5 Å². The highest BCUT2D eigenvalue weighted by atomic mass is 127. The quantitative estimate of drug-likeness (QED) is 0.441. The van der Waals surface area contributed by atoms with Crippen molar-refractivity contribution in [1.82, 2.24) is 5.32 Å². The van der Waals surface area contributed by atoms with Gasteiger partial charge in [-0.25, -0.2) is 4.79 Å². The lowest BCUT2D eigenvalue weighted by molar-refractivity contribution is 0.0600. The van der Waals surface area contributed by atoms with Crippen molar-refractivity contribution in [3.63, 3.8) is 0 Å². The molecule has 1 heterocycles. The lowest BCUT2D eigenvalue weighted by Crippen LogP contribution is -2.22. The van der Waals surface area contributed by atoms with E-state index in [1.54, 1.807) is 13.1 Å². The van der Waals surface area contributed by atoms with Gasteiger partial charge in [-0.3, -0.25) is 4.79 Å². The monoisotopic (exact) mass is 451 g/mol. The average Bonchev–Trinajstić information content (AvgIpc) is 3.05. The van der Waals surface area contributed by atoms with E-state index in [1.807, 2.05) is 30.3 Å². The number of hydrogen-bond acceptors (Lipinski definition) is 4. The third-order valence-corrected chi connectivity index (χ3v) is 5.17. The van der Waals surface area contributed by atoms with Crippen LogP contribution in [0.4, 0.5) is 0 Å². The molecular weight excluding hydrogens is 433 g/mol. The largest absolute Gasteiger partial charge is 0.487 e. The SMILES string of the molecule is CNC(=O)c1cc(C(=O)OC)cc2c1O[C@H](CI)C2c1ccccc1. The standard InChI is InChI=1S/C19H18INO4/c1-21-18(22)14-9-12(19(23)24-2)8-13-16(11-6-4-3-5-7-11)15(10-20)25-17(13)14/h3-9,15-16H,10H2,1-2H3,(H,21,22)/t15-,16?/m1/s1. The molecule has 0 radical (unpaired) electrons. The fraction of sp³-hybridized carbons (Fsp3) is 0.263. The topological polar surface area (TPSA) is 64.6 Å². The second-order valence-corrected chi connectivity index (χ2v) is 6.59. The summed E-state index contributed by atoms with van der Waals surface area (Å²) in [6, 6.07) is 13.3. The number of halogens is 1. The number of ether oxygens (including phenoxy) is 2. The number of hydrogen-bond donors (Lipinski definition) is 1. The third-order valence-electron chi connectivity index (χ3n) is 4.30. The highest BCUT2D eigenvalue weighted by molar-refractivity contribution is 14.1. The summed E-state index contributed by atoms with van der Waals surface area (Å²) in [5.74, 6) is -0.260. The van der Waals surface area contributed by atoms with E-state index in [0.29, 0.717) is 16.9 Å². The maximum absolute atomic E-state index is 12.3. The molecule has 0 bridgehead atoms. The fourth-order valence-electron chi connectivity index (χ4n) is 3.15. The molecule has 1 amide bonds. The fourth-order valence-corrected chi connectivity index (χ4v) is 3.84. The smallest absolute Gasteiger partial charge is 0.337 e. The Labute approximate surface area is 159 Å². The number of amides is 1. The van der Waals surface area contributed by atoms with Crippen LogP contribution in [-0.2, 0) is 4.74 Å². The number of esters is 1. The van der Waals surface area contributed by atoms with Crippen molar-refractivity contribution in [2.45, 2.75) is 12.0 Å². The zero-order valence-corrected chi connectivity index (χ0v) is 16.1. The summed E-state index contributed by atoms with van der Waals surface area (Å²) in [7, 11) is 2.88. The Hall–Kier alpha value is -2.09. The van der Waals surface area contributed by atoms with Gasteiger partial charge in [0, 0.05) is 17.0 Å². The van der Waals surface area contributed by atoms with E-state index in [9.17, 15) is 9.59 Å². The third kappa shape index (κ3) is 3.22. The summed E-state index contributed by atoms with van der Waals surface area (Å²) < 4.78 is 11.7. The highest BCUT2D eigenvalue weighted by Crippen LogP contribution is 2.45. The summed E-state index contributed by atoms with van der Waals surface area (Å²) in [6.45, 7) is 0. The van der Waals surface area contributed by atoms with E-state index < -0.39 is 5.97 Å². The first-order chi connectivity index (χ1) is 12.1. The Morgan fingerprint density at radius 1 is 1.24 bits per heavy atom. The molecule has 6 heteroatoms. The van der Waals surface area contributed by atoms with Crippen LogP contribution in [0.3, 0.4) is 0 Å². The number of carbonyl (C=O) groups is 2. The van der Waals surface area contributed by atoms with E-state index in [-0.39, 0.29) is 17.9 Å². The van der Waals surface area contributed by atoms with Crippen LogP contribution in [0.25, 0.3) is 0 Å². The zero-order valence-electron chi connectivity index (χ0n) is 13.9. The second kappa shape index (κ2) is 7.43. The Kier molecular flexibility index (Phi) is 5.27. The van der Waals surface area contributed by atoms with Crippen molar-refractivity contribution in [3.8, 4) is 5.75 Å². The molecule has 130 valence electrons. The molecule has 0 saturated carbocycles. The van der Waals surface area contributed by atoms with Gasteiger partial charge in [-0.2, -0.15) is 0 Å². The molecule has 1 aliphatic rings. The number of methoxy groups -OCH3 is 1. The Balaban J connectivity index is 2.21. The molecule has 1 N–H and O–H groups in total. The molecule has 0 aliphatic carbocycles. The Morgan fingerprint density at radius 2 is 1.96 bits per heavy atom. The number of fused-ring (bicyclic) bond motifs is 1. The van der Waals surface area contributed by atoms with Crippen LogP contribution in [0, 0.1) is 0 Å². The molecule has 0 aromatic heterocycles. The minimum absolute atomic E-state index is 0.0406. The zero-order chi connectivity index (χ0) is 18.0. The lowest BCUT2D eigenvalue weighted by Gasteiger charge is -2.17. The molecule has 0 saturated heterocycles. The van der Waals surface area contributed by atoms with Crippen molar-refractivity contribution < 1.29 is 19.1 Å². The predicted octanol–water partition coefficient (Wildman–Crippen LogP) is 3.16. The van der Waals surface area contributed by atoms with Gasteiger partial charge in [-0.15, -0.1) is 0 Å². The summed E-state index contributed by atoms with van der Waals surface area (Å²) in [5.41, 5.74) is 2.63. The van der Waals surface area contributed by atoms with Crippen LogP contribution in [-0.4, -0.2) is 36.6 Å². The van der Waals surface area contributed by atoms with Crippen LogP contribution >= 0.6 is 22.6 Å². The Bertz CT molecular complexity index is 807. The van der Waals surface area contributed by atoms with Gasteiger partial charge in [0.15, 0.2) is 0 Å². The molecule has 2 aromatic rings. The van der Waals surface area contributed by atoms with Gasteiger partial charge >= 0.3 is 5.97 Å². The predicted molar refractivity (Wildman–Crippen MR) is 103 cm³/mol. The van der Waals surface area contributed by atoms with Gasteiger partial charge < -0.3 is 14.8 Å². The molecule has 0 fully saturated rings. The summed E-state index contributed by atoms with van der Waals surface area (Å²) in [6.07, 6.45) is -0.102. The van der Waals surface area contributed by atoms with E-state index in [4.69, 9.17) is 9.47 Å². The van der Waals surface area contributed by atoms with E-state index in [1.165, 1.54) is 13.2 Å². The molecule has 3 rings (SSSR count). The first-order valence-corrected chi connectivity index (χ1v) is 9.39. The van der Waals surface area contributed by atoms with Gasteiger partial charge in [0.25, 0.3) is 5.91 Å². The van der Waals surface area contributed by atoms with Gasteiger partial charge in [-0.05, 0) is 17.7 Å². The maximum atomic E-state index is 12.3. The molecule has 25 heavy (non-hydrogen) atoms. The number of carbonyl (C=O) groups excluding carboxylic acids is 2. The normalized spacial score (nSPS) is 18.2. The number of benzene rings is 2. The van der Waals surface area contributed by atoms with Crippen LogP contribution < -0.4 is 10.1 Å². The first kappa shape index (κ1) is 17.7. The molecule has 1 unspecified atom stereocenters. The van der Waals surface area contributed by atoms with E-state index in [0.717, 1.165) is 15.6 Å². The van der Waals surface area contributed by atoms with Crippen molar-refractivity contribution in [2.75, 3.05) is 18.6 Å². The van der Waals surface area contributed by atoms with E-state index >= 15 is 0 Å². The van der Waals surface area contributed by atoms with Crippen molar-refractivity contribution >= 4 is 34.5 Å². The molecule has 0 spiro atoms. The van der Waals surface area contributed by atoms with E-state index in [2.05, 4.69) is 27.9 Å². The van der Waals surface area contributed by atoms with Crippen molar-refractivity contribution in [2.24, 2.45) is 0 Å². The molecule has 2 aromatic carbocycles. The molecule has 2 atom stereocenters. The highest BCUT2D eigenvalue weighted by Gasteiger charge is 2.38. The second-order valence-electron chi connectivity index (χ2n) is 5.71. The first-order valence-electron chi connectivity index (χ1n) is 7.86. The maximum Gasteiger partial charge on any atom is 0.337 e. The molecule has 5 nitrogen and oxygen atoms in total. The van der Waals surface area contributed by atoms with Crippen LogP contribution in [0.5, 0.6) is 5.75 Å². The molecular formula is C19H18INO4. The summed E-state index contributed by atoms with van der Waals surface area (Å²) >= 11 is 2.28. The number of alkyl halides is 1. The minimum atomic E-state index is -0.474. The lowest BCUT2D eigenvalue weighted by atomic mass is 9.87. The molecule has 1 aliphatic heterocycles. The van der Waals surface area contributed by atoms with Crippen molar-refractivity contribution in [1.29, 1.82) is 0 Å². The van der Waals surface area contributed by atoms with Gasteiger partial charge in [0.2, 0.25) is 0 Å². The average molecular weight is 451 g/mol. The summed E-state index contributed by atoms with van der Waals surface area (Å²) in [5, 5.41) is 2.61. The summed E-state index contributed by atoms with van der Waals surface area (Å²) in [4.78, 5) is 24.4.